The smallest absolute Gasteiger partial charge is 0.259 e. The van der Waals surface area contributed by atoms with Crippen molar-refractivity contribution in [2.75, 3.05) is 19.5 Å². The van der Waals surface area contributed by atoms with Crippen LogP contribution in [0, 0.1) is 0 Å². The minimum Gasteiger partial charge on any atom is -0.497 e. The number of benzene rings is 2. The third-order valence-electron chi connectivity index (χ3n) is 2.83. The van der Waals surface area contributed by atoms with Gasteiger partial charge in [0.1, 0.15) is 11.5 Å². The predicted octanol–water partition coefficient (Wildman–Crippen LogP) is 4.26. The van der Waals surface area contributed by atoms with E-state index in [0.717, 1.165) is 0 Å². The molecule has 0 atom stereocenters. The van der Waals surface area contributed by atoms with Crippen LogP contribution in [-0.4, -0.2) is 20.1 Å². The van der Waals surface area contributed by atoms with Gasteiger partial charge in [0.05, 0.1) is 30.5 Å². The van der Waals surface area contributed by atoms with Crippen molar-refractivity contribution in [3.05, 3.63) is 52.0 Å². The summed E-state index contributed by atoms with van der Waals surface area (Å²) in [5, 5.41) is 3.58. The van der Waals surface area contributed by atoms with Crippen LogP contribution in [0.25, 0.3) is 0 Å². The predicted molar refractivity (Wildman–Crippen MR) is 84.0 cm³/mol. The maximum atomic E-state index is 12.3. The van der Waals surface area contributed by atoms with Gasteiger partial charge in [0, 0.05) is 11.1 Å². The molecule has 0 heterocycles. The first-order chi connectivity index (χ1) is 10.0. The molecule has 0 bridgehead atoms. The molecule has 0 fully saturated rings. The van der Waals surface area contributed by atoms with Crippen LogP contribution >= 0.6 is 23.2 Å². The Morgan fingerprint density at radius 1 is 1.05 bits per heavy atom. The molecule has 110 valence electrons. The first kappa shape index (κ1) is 15.5. The summed E-state index contributed by atoms with van der Waals surface area (Å²) in [5.74, 6) is 0.684. The number of halogens is 2. The normalized spacial score (nSPS) is 10.1. The summed E-state index contributed by atoms with van der Waals surface area (Å²) in [6, 6.07) is 9.78. The summed E-state index contributed by atoms with van der Waals surface area (Å²) in [6.07, 6.45) is 0. The Labute approximate surface area is 132 Å². The van der Waals surface area contributed by atoms with E-state index in [4.69, 9.17) is 32.7 Å². The number of nitrogens with one attached hydrogen (secondary N) is 1. The quantitative estimate of drug-likeness (QED) is 0.913. The number of methoxy groups -OCH3 is 2. The number of ether oxygens (including phenoxy) is 2. The highest BCUT2D eigenvalue weighted by Gasteiger charge is 2.14. The second kappa shape index (κ2) is 6.70. The zero-order chi connectivity index (χ0) is 15.4. The number of amides is 1. The lowest BCUT2D eigenvalue weighted by atomic mass is 10.1. The summed E-state index contributed by atoms with van der Waals surface area (Å²) in [6.45, 7) is 0. The SMILES string of the molecule is COc1ccc(C(=O)Nc2ccc(Cl)cc2Cl)c(OC)c1. The average molecular weight is 326 g/mol. The van der Waals surface area contributed by atoms with Crippen LogP contribution in [0.2, 0.25) is 10.0 Å². The van der Waals surface area contributed by atoms with E-state index in [1.165, 1.54) is 7.11 Å². The third kappa shape index (κ3) is 3.60. The van der Waals surface area contributed by atoms with Crippen LogP contribution in [0.4, 0.5) is 5.69 Å². The summed E-state index contributed by atoms with van der Waals surface area (Å²) in [4.78, 5) is 12.3. The number of carbonyl (C=O) groups is 1. The summed E-state index contributed by atoms with van der Waals surface area (Å²) in [7, 11) is 3.03. The van der Waals surface area contributed by atoms with Gasteiger partial charge in [-0.3, -0.25) is 4.79 Å². The van der Waals surface area contributed by atoms with Gasteiger partial charge in [-0.25, -0.2) is 0 Å². The first-order valence-electron chi connectivity index (χ1n) is 6.03. The van der Waals surface area contributed by atoms with Crippen molar-refractivity contribution in [2.24, 2.45) is 0 Å². The molecule has 0 saturated carbocycles. The van der Waals surface area contributed by atoms with E-state index in [0.29, 0.717) is 32.8 Å². The molecule has 0 saturated heterocycles. The average Bonchev–Trinajstić information content (AvgIpc) is 2.49. The molecule has 0 aliphatic carbocycles. The van der Waals surface area contributed by atoms with Crippen molar-refractivity contribution in [1.29, 1.82) is 0 Å². The van der Waals surface area contributed by atoms with E-state index in [1.807, 2.05) is 0 Å². The largest absolute Gasteiger partial charge is 0.497 e. The second-order valence-corrected chi connectivity index (χ2v) is 4.99. The van der Waals surface area contributed by atoms with Crippen LogP contribution in [-0.2, 0) is 0 Å². The van der Waals surface area contributed by atoms with Gasteiger partial charge in [-0.1, -0.05) is 23.2 Å². The van der Waals surface area contributed by atoms with Gasteiger partial charge in [-0.15, -0.1) is 0 Å². The molecule has 4 nitrogen and oxygen atoms in total. The van der Waals surface area contributed by atoms with Crippen LogP contribution in [0.5, 0.6) is 11.5 Å². The summed E-state index contributed by atoms with van der Waals surface area (Å²) >= 11 is 11.9. The van der Waals surface area contributed by atoms with E-state index in [-0.39, 0.29) is 5.91 Å². The summed E-state index contributed by atoms with van der Waals surface area (Å²) in [5.41, 5.74) is 0.855. The molecule has 0 unspecified atom stereocenters. The van der Waals surface area contributed by atoms with Crippen molar-refractivity contribution >= 4 is 34.8 Å². The summed E-state index contributed by atoms with van der Waals surface area (Å²) < 4.78 is 10.3. The van der Waals surface area contributed by atoms with Gasteiger partial charge in [0.15, 0.2) is 0 Å². The monoisotopic (exact) mass is 325 g/mol. The Morgan fingerprint density at radius 3 is 2.43 bits per heavy atom. The topological polar surface area (TPSA) is 47.6 Å². The number of anilines is 1. The maximum absolute atomic E-state index is 12.3. The molecule has 0 radical (unpaired) electrons. The highest BCUT2D eigenvalue weighted by Crippen LogP contribution is 2.28. The van der Waals surface area contributed by atoms with Crippen LogP contribution in [0.3, 0.4) is 0 Å². The molecule has 2 rings (SSSR count). The number of carbonyl (C=O) groups excluding carboxylic acids is 1. The van der Waals surface area contributed by atoms with Crippen LogP contribution < -0.4 is 14.8 Å². The van der Waals surface area contributed by atoms with Crippen LogP contribution in [0.1, 0.15) is 10.4 Å². The van der Waals surface area contributed by atoms with E-state index in [1.54, 1.807) is 43.5 Å². The van der Waals surface area contributed by atoms with Crippen molar-refractivity contribution < 1.29 is 14.3 Å². The molecule has 1 N–H and O–H groups in total. The molecule has 0 aromatic heterocycles. The fourth-order valence-corrected chi connectivity index (χ4v) is 2.22. The minimum absolute atomic E-state index is 0.335. The van der Waals surface area contributed by atoms with Gasteiger partial charge in [0.25, 0.3) is 5.91 Å². The van der Waals surface area contributed by atoms with Gasteiger partial charge in [-0.05, 0) is 30.3 Å². The van der Waals surface area contributed by atoms with Crippen molar-refractivity contribution in [2.45, 2.75) is 0 Å². The Bertz CT molecular complexity index is 674. The lowest BCUT2D eigenvalue weighted by Gasteiger charge is -2.11. The number of rotatable bonds is 4. The fourth-order valence-electron chi connectivity index (χ4n) is 1.77. The molecular weight excluding hydrogens is 313 g/mol. The fraction of sp³-hybridized carbons (Fsp3) is 0.133. The molecule has 0 aliphatic heterocycles. The van der Waals surface area contributed by atoms with Gasteiger partial charge < -0.3 is 14.8 Å². The second-order valence-electron chi connectivity index (χ2n) is 4.14. The Morgan fingerprint density at radius 2 is 1.81 bits per heavy atom. The Balaban J connectivity index is 2.28. The first-order valence-corrected chi connectivity index (χ1v) is 6.79. The number of hydrogen-bond acceptors (Lipinski definition) is 3. The number of hydrogen-bond donors (Lipinski definition) is 1. The third-order valence-corrected chi connectivity index (χ3v) is 3.38. The van der Waals surface area contributed by atoms with Crippen molar-refractivity contribution in [1.82, 2.24) is 0 Å². The molecular formula is C15H13Cl2NO3. The Kier molecular flexibility index (Phi) is 4.94. The molecule has 1 amide bonds. The van der Waals surface area contributed by atoms with E-state index >= 15 is 0 Å². The molecule has 2 aromatic carbocycles. The molecule has 0 spiro atoms. The van der Waals surface area contributed by atoms with E-state index in [9.17, 15) is 4.79 Å². The highest BCUT2D eigenvalue weighted by molar-refractivity contribution is 6.36. The molecule has 2 aromatic rings. The zero-order valence-electron chi connectivity index (χ0n) is 11.4. The molecule has 21 heavy (non-hydrogen) atoms. The van der Waals surface area contributed by atoms with Crippen molar-refractivity contribution in [3.8, 4) is 11.5 Å². The minimum atomic E-state index is -0.335. The lowest BCUT2D eigenvalue weighted by Crippen LogP contribution is -2.13. The van der Waals surface area contributed by atoms with Gasteiger partial charge in [-0.2, -0.15) is 0 Å². The van der Waals surface area contributed by atoms with Crippen LogP contribution in [0.15, 0.2) is 36.4 Å². The molecule has 0 aliphatic rings. The maximum Gasteiger partial charge on any atom is 0.259 e. The highest BCUT2D eigenvalue weighted by atomic mass is 35.5. The van der Waals surface area contributed by atoms with Gasteiger partial charge >= 0.3 is 0 Å². The molecule has 6 heteroatoms. The zero-order valence-corrected chi connectivity index (χ0v) is 13.0. The van der Waals surface area contributed by atoms with Crippen molar-refractivity contribution in [3.63, 3.8) is 0 Å². The Hall–Kier alpha value is -1.91. The lowest BCUT2D eigenvalue weighted by molar-refractivity contribution is 0.102. The van der Waals surface area contributed by atoms with E-state index in [2.05, 4.69) is 5.32 Å². The van der Waals surface area contributed by atoms with Gasteiger partial charge in [0.2, 0.25) is 0 Å². The standard InChI is InChI=1S/C15H13Cl2NO3/c1-20-10-4-5-11(14(8-10)21-2)15(19)18-13-6-3-9(16)7-12(13)17/h3-8H,1-2H3,(H,18,19). The van der Waals surface area contributed by atoms with E-state index < -0.39 is 0 Å².